The van der Waals surface area contributed by atoms with Gasteiger partial charge in [-0.1, -0.05) is 25.7 Å². The number of unbranched alkanes of at least 4 members (excludes halogenated alkanes) is 5. The van der Waals surface area contributed by atoms with Crippen molar-refractivity contribution in [2.45, 2.75) is 38.5 Å². The Hall–Kier alpha value is -1.28. The summed E-state index contributed by atoms with van der Waals surface area (Å²) < 4.78 is 0. The zero-order valence-corrected chi connectivity index (χ0v) is 9.21. The predicted octanol–water partition coefficient (Wildman–Crippen LogP) is 0.671. The minimum Gasteiger partial charge on any atom is -0.369 e. The Morgan fingerprint density at radius 3 is 2.33 bits per heavy atom. The fourth-order valence-corrected chi connectivity index (χ4v) is 1.26. The lowest BCUT2D eigenvalue weighted by Crippen LogP contribution is -2.27. The molecular weight excluding hydrogens is 190 g/mol. The number of nitrogens with two attached hydrogens (primary N) is 2. The molecule has 0 unspecified atom stereocenters. The van der Waals surface area contributed by atoms with Gasteiger partial charge in [0.25, 0.3) is 0 Å². The zero-order valence-electron chi connectivity index (χ0n) is 9.21. The second-order valence-corrected chi connectivity index (χ2v) is 3.41. The van der Waals surface area contributed by atoms with Gasteiger partial charge < -0.3 is 11.5 Å². The number of nitrogens with zero attached hydrogens (tertiary/aromatic N) is 2. The van der Waals surface area contributed by atoms with E-state index in [0.717, 1.165) is 25.8 Å². The van der Waals surface area contributed by atoms with Crippen LogP contribution in [0.3, 0.4) is 0 Å². The van der Waals surface area contributed by atoms with Crippen molar-refractivity contribution in [1.82, 2.24) is 5.32 Å². The van der Waals surface area contributed by atoms with Crippen molar-refractivity contribution in [3.8, 4) is 6.19 Å². The van der Waals surface area contributed by atoms with E-state index < -0.39 is 0 Å². The summed E-state index contributed by atoms with van der Waals surface area (Å²) in [6.07, 6.45) is 8.72. The van der Waals surface area contributed by atoms with Gasteiger partial charge in [0.15, 0.2) is 6.19 Å². The van der Waals surface area contributed by atoms with Gasteiger partial charge >= 0.3 is 0 Å². The lowest BCUT2D eigenvalue weighted by Gasteiger charge is -1.99. The number of nitriles is 1. The monoisotopic (exact) mass is 211 g/mol. The van der Waals surface area contributed by atoms with E-state index in [0.29, 0.717) is 6.54 Å². The summed E-state index contributed by atoms with van der Waals surface area (Å²) in [6, 6.07) is 0. The van der Waals surface area contributed by atoms with Gasteiger partial charge in [0.05, 0.1) is 0 Å². The number of nitrogens with one attached hydrogen (secondary N) is 1. The molecule has 0 aliphatic rings. The average Bonchev–Trinajstić information content (AvgIpc) is 2.22. The minimum atomic E-state index is 0.209. The molecule has 0 fully saturated rings. The number of hydrogen-bond acceptors (Lipinski definition) is 3. The molecule has 0 bridgehead atoms. The van der Waals surface area contributed by atoms with E-state index in [1.54, 1.807) is 6.19 Å². The van der Waals surface area contributed by atoms with Crippen LogP contribution >= 0.6 is 0 Å². The summed E-state index contributed by atoms with van der Waals surface area (Å²) in [6.45, 7) is 1.48. The third kappa shape index (κ3) is 10.6. The molecule has 5 heteroatoms. The molecule has 0 aromatic heterocycles. The van der Waals surface area contributed by atoms with E-state index >= 15 is 0 Å². The highest BCUT2D eigenvalue weighted by Gasteiger charge is 1.91. The van der Waals surface area contributed by atoms with Crippen LogP contribution in [0.15, 0.2) is 4.99 Å². The van der Waals surface area contributed by atoms with Crippen LogP contribution in [0, 0.1) is 11.5 Å². The third-order valence-electron chi connectivity index (χ3n) is 2.08. The molecule has 0 radical (unpaired) electrons. The largest absolute Gasteiger partial charge is 0.369 e. The first kappa shape index (κ1) is 13.7. The maximum atomic E-state index is 8.23. The van der Waals surface area contributed by atoms with Crippen molar-refractivity contribution < 1.29 is 0 Å². The second-order valence-electron chi connectivity index (χ2n) is 3.41. The van der Waals surface area contributed by atoms with Gasteiger partial charge in [-0.05, 0) is 19.4 Å². The third-order valence-corrected chi connectivity index (χ3v) is 2.08. The molecule has 0 aromatic carbocycles. The Kier molecular flexibility index (Phi) is 9.88. The molecule has 0 aliphatic carbocycles. The zero-order chi connectivity index (χ0) is 11.4. The maximum absolute atomic E-state index is 8.23. The quantitative estimate of drug-likeness (QED) is 0.181. The van der Waals surface area contributed by atoms with Crippen molar-refractivity contribution >= 4 is 5.96 Å². The molecular formula is C10H21N5. The number of guanidine groups is 1. The van der Waals surface area contributed by atoms with E-state index in [2.05, 4.69) is 10.3 Å². The van der Waals surface area contributed by atoms with Crippen molar-refractivity contribution in [2.24, 2.45) is 16.5 Å². The van der Waals surface area contributed by atoms with E-state index in [1.165, 1.54) is 19.3 Å². The molecule has 86 valence electrons. The first-order chi connectivity index (χ1) is 7.31. The van der Waals surface area contributed by atoms with Crippen LogP contribution in [0.5, 0.6) is 0 Å². The first-order valence-electron chi connectivity index (χ1n) is 5.46. The molecule has 0 aliphatic heterocycles. The molecule has 0 atom stereocenters. The van der Waals surface area contributed by atoms with Crippen molar-refractivity contribution in [3.63, 3.8) is 0 Å². The van der Waals surface area contributed by atoms with E-state index in [9.17, 15) is 0 Å². The lowest BCUT2D eigenvalue weighted by molar-refractivity contribution is 0.601. The number of aliphatic imine (C=N–C) groups is 1. The molecule has 0 rings (SSSR count). The Morgan fingerprint density at radius 1 is 1.13 bits per heavy atom. The highest BCUT2D eigenvalue weighted by atomic mass is 15.1. The predicted molar refractivity (Wildman–Crippen MR) is 62.0 cm³/mol. The first-order valence-corrected chi connectivity index (χ1v) is 5.46. The Labute approximate surface area is 91.5 Å². The summed E-state index contributed by atoms with van der Waals surface area (Å²) in [4.78, 5) is 3.99. The van der Waals surface area contributed by atoms with Crippen LogP contribution in [-0.4, -0.2) is 19.0 Å². The molecule has 5 N–H and O–H groups in total. The van der Waals surface area contributed by atoms with Gasteiger partial charge in [0, 0.05) is 6.54 Å². The van der Waals surface area contributed by atoms with Crippen LogP contribution in [0.25, 0.3) is 0 Å². The normalized spacial score (nSPS) is 11.1. The van der Waals surface area contributed by atoms with Gasteiger partial charge in [0.2, 0.25) is 5.96 Å². The van der Waals surface area contributed by atoms with Crippen molar-refractivity contribution in [2.75, 3.05) is 13.1 Å². The SMILES string of the molecule is N#CNC(N)=NCCCCCCCCN. The van der Waals surface area contributed by atoms with Gasteiger partial charge in [-0.15, -0.1) is 0 Å². The summed E-state index contributed by atoms with van der Waals surface area (Å²) in [5.41, 5.74) is 10.8. The summed E-state index contributed by atoms with van der Waals surface area (Å²) in [5.74, 6) is 0.209. The van der Waals surface area contributed by atoms with Gasteiger partial charge in [-0.3, -0.25) is 10.3 Å². The van der Waals surface area contributed by atoms with Crippen molar-refractivity contribution in [1.29, 1.82) is 5.26 Å². The second kappa shape index (κ2) is 10.8. The fraction of sp³-hybridized carbons (Fsp3) is 0.800. The summed E-state index contributed by atoms with van der Waals surface area (Å²) in [7, 11) is 0. The molecule has 0 amide bonds. The topological polar surface area (TPSA) is 100 Å². The highest BCUT2D eigenvalue weighted by molar-refractivity contribution is 5.79. The molecule has 0 saturated carbocycles. The maximum Gasteiger partial charge on any atom is 0.202 e. The van der Waals surface area contributed by atoms with Crippen LogP contribution in [0.2, 0.25) is 0 Å². The van der Waals surface area contributed by atoms with Crippen LogP contribution in [0.1, 0.15) is 38.5 Å². The Morgan fingerprint density at radius 2 is 1.73 bits per heavy atom. The van der Waals surface area contributed by atoms with Gasteiger partial charge in [-0.2, -0.15) is 5.26 Å². The molecule has 5 nitrogen and oxygen atoms in total. The Balaban J connectivity index is 3.18. The van der Waals surface area contributed by atoms with Crippen LogP contribution in [-0.2, 0) is 0 Å². The Bertz CT molecular complexity index is 206. The van der Waals surface area contributed by atoms with Crippen LogP contribution < -0.4 is 16.8 Å². The fourth-order valence-electron chi connectivity index (χ4n) is 1.26. The summed E-state index contributed by atoms with van der Waals surface area (Å²) in [5, 5.41) is 10.5. The standard InChI is InChI=1S/C10H21N5/c11-7-5-3-1-2-4-6-8-14-10(13)15-9-12/h1-8,11H2,(H3,13,14,15). The molecule has 0 spiro atoms. The van der Waals surface area contributed by atoms with Gasteiger partial charge in [0.1, 0.15) is 0 Å². The van der Waals surface area contributed by atoms with E-state index in [4.69, 9.17) is 16.7 Å². The molecule has 0 saturated heterocycles. The number of rotatable bonds is 8. The van der Waals surface area contributed by atoms with E-state index in [-0.39, 0.29) is 5.96 Å². The molecule has 0 aromatic rings. The van der Waals surface area contributed by atoms with Crippen LogP contribution in [0.4, 0.5) is 0 Å². The number of hydrogen-bond donors (Lipinski definition) is 3. The minimum absolute atomic E-state index is 0.209. The smallest absolute Gasteiger partial charge is 0.202 e. The molecule has 0 heterocycles. The van der Waals surface area contributed by atoms with E-state index in [1.807, 2.05) is 0 Å². The summed E-state index contributed by atoms with van der Waals surface area (Å²) >= 11 is 0. The highest BCUT2D eigenvalue weighted by Crippen LogP contribution is 2.04. The van der Waals surface area contributed by atoms with Crippen molar-refractivity contribution in [3.05, 3.63) is 0 Å². The molecule has 15 heavy (non-hydrogen) atoms. The van der Waals surface area contributed by atoms with Gasteiger partial charge in [-0.25, -0.2) is 0 Å². The average molecular weight is 211 g/mol. The lowest BCUT2D eigenvalue weighted by atomic mass is 10.1.